The molecular formula is C18H14ClN3O3S. The minimum atomic E-state index is -0.508. The molecule has 132 valence electrons. The number of methoxy groups -OCH3 is 1. The van der Waals surface area contributed by atoms with Gasteiger partial charge in [-0.1, -0.05) is 17.7 Å². The highest BCUT2D eigenvalue weighted by atomic mass is 35.5. The van der Waals surface area contributed by atoms with Crippen LogP contribution in [0.1, 0.15) is 20.7 Å². The van der Waals surface area contributed by atoms with Gasteiger partial charge in [-0.15, -0.1) is 11.3 Å². The summed E-state index contributed by atoms with van der Waals surface area (Å²) in [4.78, 5) is 28.3. The number of carbonyl (C=O) groups is 2. The number of hydrogen-bond donors (Lipinski definition) is 2. The molecule has 0 saturated carbocycles. The number of ether oxygens (including phenoxy) is 1. The highest BCUT2D eigenvalue weighted by Crippen LogP contribution is 2.25. The lowest BCUT2D eigenvalue weighted by Crippen LogP contribution is -2.13. The van der Waals surface area contributed by atoms with Gasteiger partial charge < -0.3 is 15.4 Å². The Morgan fingerprint density at radius 3 is 2.73 bits per heavy atom. The van der Waals surface area contributed by atoms with E-state index in [1.807, 2.05) is 11.4 Å². The number of rotatable bonds is 5. The molecular weight excluding hydrogens is 374 g/mol. The van der Waals surface area contributed by atoms with Crippen LogP contribution in [-0.4, -0.2) is 24.0 Å². The van der Waals surface area contributed by atoms with Crippen LogP contribution in [0.3, 0.4) is 0 Å². The van der Waals surface area contributed by atoms with Crippen molar-refractivity contribution in [3.05, 3.63) is 70.2 Å². The predicted octanol–water partition coefficient (Wildman–Crippen LogP) is 4.58. The molecule has 1 aromatic heterocycles. The molecule has 3 aromatic rings. The fraction of sp³-hybridized carbons (Fsp3) is 0.0556. The number of anilines is 3. The standard InChI is InChI=1S/C18H14ClN3O3S/c1-25-17(24)12-5-6-14(19)15(10-12)22-16(23)11-3-2-4-13(9-11)21-18-20-7-8-26-18/h2-10H,1H3,(H,20,21)(H,22,23). The van der Waals surface area contributed by atoms with E-state index in [-0.39, 0.29) is 5.91 Å². The number of esters is 1. The first-order valence-electron chi connectivity index (χ1n) is 7.52. The van der Waals surface area contributed by atoms with Crippen LogP contribution < -0.4 is 10.6 Å². The van der Waals surface area contributed by atoms with Crippen LogP contribution in [0, 0.1) is 0 Å². The van der Waals surface area contributed by atoms with Gasteiger partial charge in [0.15, 0.2) is 5.13 Å². The van der Waals surface area contributed by atoms with Crippen molar-refractivity contribution in [1.29, 1.82) is 0 Å². The number of thiazole rings is 1. The Hall–Kier alpha value is -2.90. The predicted molar refractivity (Wildman–Crippen MR) is 103 cm³/mol. The van der Waals surface area contributed by atoms with Gasteiger partial charge in [0, 0.05) is 22.8 Å². The second kappa shape index (κ2) is 7.99. The molecule has 3 rings (SSSR count). The molecule has 6 nitrogen and oxygen atoms in total. The number of hydrogen-bond acceptors (Lipinski definition) is 6. The zero-order valence-electron chi connectivity index (χ0n) is 13.7. The van der Waals surface area contributed by atoms with Gasteiger partial charge in [-0.2, -0.15) is 0 Å². The maximum atomic E-state index is 12.5. The van der Waals surface area contributed by atoms with Crippen molar-refractivity contribution >= 4 is 51.3 Å². The van der Waals surface area contributed by atoms with Crippen molar-refractivity contribution in [2.75, 3.05) is 17.7 Å². The largest absolute Gasteiger partial charge is 0.465 e. The lowest BCUT2D eigenvalue weighted by molar-refractivity contribution is 0.0600. The first-order valence-corrected chi connectivity index (χ1v) is 8.78. The first-order chi connectivity index (χ1) is 12.6. The molecule has 0 atom stereocenters. The molecule has 0 radical (unpaired) electrons. The van der Waals surface area contributed by atoms with E-state index in [1.54, 1.807) is 24.4 Å². The van der Waals surface area contributed by atoms with Gasteiger partial charge in [0.2, 0.25) is 0 Å². The Balaban J connectivity index is 1.79. The second-order valence-corrected chi connectivity index (χ2v) is 6.49. The van der Waals surface area contributed by atoms with Crippen molar-refractivity contribution in [2.45, 2.75) is 0 Å². The molecule has 0 aliphatic carbocycles. The van der Waals surface area contributed by atoms with Crippen LogP contribution in [0.25, 0.3) is 0 Å². The average Bonchev–Trinajstić information content (AvgIpc) is 3.16. The molecule has 26 heavy (non-hydrogen) atoms. The summed E-state index contributed by atoms with van der Waals surface area (Å²) < 4.78 is 4.68. The van der Waals surface area contributed by atoms with E-state index in [0.29, 0.717) is 21.8 Å². The molecule has 0 bridgehead atoms. The Bertz CT molecular complexity index is 945. The third kappa shape index (κ3) is 4.19. The minimum absolute atomic E-state index is 0.298. The van der Waals surface area contributed by atoms with Crippen molar-refractivity contribution in [3.8, 4) is 0 Å². The first kappa shape index (κ1) is 17.9. The molecule has 0 spiro atoms. The Morgan fingerprint density at radius 2 is 2.00 bits per heavy atom. The van der Waals surface area contributed by atoms with E-state index in [1.165, 1.54) is 36.6 Å². The van der Waals surface area contributed by atoms with E-state index in [9.17, 15) is 9.59 Å². The van der Waals surface area contributed by atoms with Gasteiger partial charge in [-0.3, -0.25) is 4.79 Å². The van der Waals surface area contributed by atoms with Crippen LogP contribution >= 0.6 is 22.9 Å². The molecule has 0 unspecified atom stereocenters. The summed E-state index contributed by atoms with van der Waals surface area (Å²) in [7, 11) is 1.29. The quantitative estimate of drug-likeness (QED) is 0.626. The topological polar surface area (TPSA) is 80.3 Å². The smallest absolute Gasteiger partial charge is 0.337 e. The molecule has 0 aliphatic heterocycles. The number of carbonyl (C=O) groups excluding carboxylic acids is 2. The molecule has 8 heteroatoms. The lowest BCUT2D eigenvalue weighted by atomic mass is 10.1. The normalized spacial score (nSPS) is 10.2. The van der Waals surface area contributed by atoms with Crippen molar-refractivity contribution < 1.29 is 14.3 Å². The van der Waals surface area contributed by atoms with Crippen molar-refractivity contribution in [2.24, 2.45) is 0 Å². The Morgan fingerprint density at radius 1 is 1.15 bits per heavy atom. The summed E-state index contributed by atoms with van der Waals surface area (Å²) in [5.41, 5.74) is 1.80. The Labute approximate surface area is 158 Å². The Kier molecular flexibility index (Phi) is 5.50. The molecule has 0 aliphatic rings. The fourth-order valence-electron chi connectivity index (χ4n) is 2.21. The van der Waals surface area contributed by atoms with E-state index in [2.05, 4.69) is 20.4 Å². The molecule has 0 fully saturated rings. The van der Waals surface area contributed by atoms with Gasteiger partial charge in [0.05, 0.1) is 23.4 Å². The zero-order chi connectivity index (χ0) is 18.5. The molecule has 1 amide bonds. The number of amides is 1. The average molecular weight is 388 g/mol. The van der Waals surface area contributed by atoms with E-state index < -0.39 is 5.97 Å². The van der Waals surface area contributed by atoms with Crippen LogP contribution in [0.5, 0.6) is 0 Å². The summed E-state index contributed by atoms with van der Waals surface area (Å²) in [6.45, 7) is 0. The van der Waals surface area contributed by atoms with Gasteiger partial charge in [-0.25, -0.2) is 9.78 Å². The highest BCUT2D eigenvalue weighted by Gasteiger charge is 2.13. The molecule has 2 N–H and O–H groups in total. The molecule has 1 heterocycles. The fourth-order valence-corrected chi connectivity index (χ4v) is 2.92. The summed E-state index contributed by atoms with van der Waals surface area (Å²) in [6.07, 6.45) is 1.69. The van der Waals surface area contributed by atoms with Crippen LogP contribution in [0.15, 0.2) is 54.0 Å². The number of nitrogens with zero attached hydrogens (tertiary/aromatic N) is 1. The number of benzene rings is 2. The monoisotopic (exact) mass is 387 g/mol. The SMILES string of the molecule is COC(=O)c1ccc(Cl)c(NC(=O)c2cccc(Nc3nccs3)c2)c1. The van der Waals surface area contributed by atoms with Gasteiger partial charge in [-0.05, 0) is 36.4 Å². The van der Waals surface area contributed by atoms with Crippen molar-refractivity contribution in [1.82, 2.24) is 4.98 Å². The molecule has 2 aromatic carbocycles. The molecule has 0 saturated heterocycles. The van der Waals surface area contributed by atoms with E-state index >= 15 is 0 Å². The van der Waals surface area contributed by atoms with Gasteiger partial charge in [0.25, 0.3) is 5.91 Å². The summed E-state index contributed by atoms with van der Waals surface area (Å²) >= 11 is 7.57. The third-order valence-corrected chi connectivity index (χ3v) is 4.46. The summed E-state index contributed by atoms with van der Waals surface area (Å²) in [5, 5.41) is 8.75. The van der Waals surface area contributed by atoms with E-state index in [0.717, 1.165) is 10.8 Å². The highest BCUT2D eigenvalue weighted by molar-refractivity contribution is 7.13. The number of halogens is 1. The van der Waals surface area contributed by atoms with E-state index in [4.69, 9.17) is 11.6 Å². The van der Waals surface area contributed by atoms with Crippen LogP contribution in [0.2, 0.25) is 5.02 Å². The number of aromatic nitrogens is 1. The summed E-state index contributed by atoms with van der Waals surface area (Å²) in [5.74, 6) is -0.858. The lowest BCUT2D eigenvalue weighted by Gasteiger charge is -2.10. The van der Waals surface area contributed by atoms with Gasteiger partial charge >= 0.3 is 5.97 Å². The maximum Gasteiger partial charge on any atom is 0.337 e. The zero-order valence-corrected chi connectivity index (χ0v) is 15.2. The number of nitrogens with one attached hydrogen (secondary N) is 2. The maximum absolute atomic E-state index is 12.5. The van der Waals surface area contributed by atoms with Crippen LogP contribution in [-0.2, 0) is 4.74 Å². The third-order valence-electron chi connectivity index (χ3n) is 3.44. The van der Waals surface area contributed by atoms with Gasteiger partial charge in [0.1, 0.15) is 0 Å². The second-order valence-electron chi connectivity index (χ2n) is 5.18. The summed E-state index contributed by atoms with van der Waals surface area (Å²) in [6, 6.07) is 11.5. The van der Waals surface area contributed by atoms with Crippen LogP contribution in [0.4, 0.5) is 16.5 Å². The van der Waals surface area contributed by atoms with Crippen molar-refractivity contribution in [3.63, 3.8) is 0 Å². The minimum Gasteiger partial charge on any atom is -0.465 e.